The van der Waals surface area contributed by atoms with E-state index in [9.17, 15) is 5.11 Å². The third-order valence-corrected chi connectivity index (χ3v) is 4.18. The molecule has 2 atom stereocenters. The maximum absolute atomic E-state index is 9.65. The molecule has 1 saturated carbocycles. The van der Waals surface area contributed by atoms with E-state index in [0.29, 0.717) is 5.92 Å². The third kappa shape index (κ3) is 4.59. The zero-order valence-electron chi connectivity index (χ0n) is 12.1. The minimum Gasteiger partial charge on any atom is -0.394 e. The van der Waals surface area contributed by atoms with Gasteiger partial charge in [0.1, 0.15) is 0 Å². The van der Waals surface area contributed by atoms with E-state index in [1.165, 1.54) is 12.8 Å². The first-order valence-electron chi connectivity index (χ1n) is 7.20. The summed E-state index contributed by atoms with van der Waals surface area (Å²) in [6, 6.07) is 2.33. The Kier molecular flexibility index (Phi) is 5.62. The number of nitrogens with zero attached hydrogens (tertiary/aromatic N) is 1. The normalized spacial score (nSPS) is 28.9. The molecule has 2 unspecified atom stereocenters. The molecule has 3 heteroatoms. The molecule has 0 bridgehead atoms. The van der Waals surface area contributed by atoms with E-state index in [-0.39, 0.29) is 17.6 Å². The predicted molar refractivity (Wildman–Crippen MR) is 74.1 cm³/mol. The zero-order valence-corrected chi connectivity index (χ0v) is 12.1. The van der Waals surface area contributed by atoms with Gasteiger partial charge >= 0.3 is 0 Å². The van der Waals surface area contributed by atoms with E-state index in [0.717, 1.165) is 32.2 Å². The molecule has 2 N–H and O–H groups in total. The first kappa shape index (κ1) is 15.5. The molecule has 1 fully saturated rings. The second-order valence-electron chi connectivity index (χ2n) is 6.67. The highest BCUT2D eigenvalue weighted by molar-refractivity contribution is 4.94. The van der Waals surface area contributed by atoms with Crippen LogP contribution >= 0.6 is 0 Å². The van der Waals surface area contributed by atoms with E-state index in [2.05, 4.69) is 18.3 Å². The summed E-state index contributed by atoms with van der Waals surface area (Å²) in [7, 11) is 0. The molecule has 0 aliphatic heterocycles. The Morgan fingerprint density at radius 3 is 2.78 bits per heavy atom. The van der Waals surface area contributed by atoms with Crippen LogP contribution < -0.4 is 5.32 Å². The lowest BCUT2D eigenvalue weighted by Crippen LogP contribution is -2.51. The molecule has 0 radical (unpaired) electrons. The molecule has 0 spiro atoms. The Hall–Kier alpha value is -0.590. The van der Waals surface area contributed by atoms with Crippen LogP contribution in [0.15, 0.2) is 0 Å². The van der Waals surface area contributed by atoms with Gasteiger partial charge in [0.2, 0.25) is 0 Å². The summed E-state index contributed by atoms with van der Waals surface area (Å²) in [5.41, 5.74) is -0.289. The van der Waals surface area contributed by atoms with Crippen molar-refractivity contribution in [3.05, 3.63) is 0 Å². The Morgan fingerprint density at radius 2 is 2.22 bits per heavy atom. The molecule has 1 rings (SSSR count). The van der Waals surface area contributed by atoms with Crippen LogP contribution in [0, 0.1) is 22.7 Å². The predicted octanol–water partition coefficient (Wildman–Crippen LogP) is 2.85. The van der Waals surface area contributed by atoms with Gasteiger partial charge in [0.25, 0.3) is 0 Å². The van der Waals surface area contributed by atoms with Crippen molar-refractivity contribution in [2.24, 2.45) is 11.3 Å². The van der Waals surface area contributed by atoms with Crippen LogP contribution in [-0.2, 0) is 0 Å². The van der Waals surface area contributed by atoms with Crippen LogP contribution in [0.4, 0.5) is 0 Å². The summed E-state index contributed by atoms with van der Waals surface area (Å²) >= 11 is 0. The molecule has 0 amide bonds. The average molecular weight is 252 g/mol. The van der Waals surface area contributed by atoms with Gasteiger partial charge in [-0.15, -0.1) is 0 Å². The average Bonchev–Trinajstić information content (AvgIpc) is 2.35. The van der Waals surface area contributed by atoms with E-state index in [1.807, 2.05) is 13.8 Å². The summed E-state index contributed by atoms with van der Waals surface area (Å²) in [6.45, 7) is 7.37. The summed E-state index contributed by atoms with van der Waals surface area (Å²) in [5, 5.41) is 22.2. The van der Waals surface area contributed by atoms with Crippen molar-refractivity contribution in [3.8, 4) is 6.07 Å². The third-order valence-electron chi connectivity index (χ3n) is 4.18. The molecule has 0 saturated heterocycles. The van der Waals surface area contributed by atoms with Gasteiger partial charge in [0, 0.05) is 5.54 Å². The van der Waals surface area contributed by atoms with Crippen molar-refractivity contribution in [1.29, 1.82) is 5.26 Å². The molecule has 104 valence electrons. The van der Waals surface area contributed by atoms with Gasteiger partial charge < -0.3 is 10.4 Å². The van der Waals surface area contributed by atoms with Gasteiger partial charge in [-0.3, -0.25) is 0 Å². The minimum atomic E-state index is -0.228. The van der Waals surface area contributed by atoms with Gasteiger partial charge in [-0.05, 0) is 52.0 Å². The number of hydrogen-bond donors (Lipinski definition) is 2. The van der Waals surface area contributed by atoms with Crippen molar-refractivity contribution in [3.63, 3.8) is 0 Å². The van der Waals surface area contributed by atoms with Crippen molar-refractivity contribution >= 4 is 0 Å². The monoisotopic (exact) mass is 252 g/mol. The number of aliphatic hydroxyl groups excluding tert-OH is 1. The van der Waals surface area contributed by atoms with Crippen LogP contribution in [0.3, 0.4) is 0 Å². The minimum absolute atomic E-state index is 0.0611. The molecule has 1 aliphatic rings. The summed E-state index contributed by atoms with van der Waals surface area (Å²) in [6.07, 6.45) is 6.55. The topological polar surface area (TPSA) is 56.0 Å². The second-order valence-corrected chi connectivity index (χ2v) is 6.67. The van der Waals surface area contributed by atoms with Crippen molar-refractivity contribution in [1.82, 2.24) is 5.32 Å². The lowest BCUT2D eigenvalue weighted by molar-refractivity contribution is 0.0990. The fourth-order valence-electron chi connectivity index (χ4n) is 2.96. The number of nitriles is 1. The van der Waals surface area contributed by atoms with Gasteiger partial charge in [0.05, 0.1) is 18.1 Å². The number of rotatable bonds is 6. The highest BCUT2D eigenvalue weighted by Gasteiger charge is 2.33. The van der Waals surface area contributed by atoms with Crippen LogP contribution in [0.1, 0.15) is 59.3 Å². The molecule has 0 aromatic rings. The van der Waals surface area contributed by atoms with E-state index < -0.39 is 0 Å². The van der Waals surface area contributed by atoms with Crippen molar-refractivity contribution < 1.29 is 5.11 Å². The lowest BCUT2D eigenvalue weighted by Gasteiger charge is -2.39. The fourth-order valence-corrected chi connectivity index (χ4v) is 2.96. The second kappa shape index (κ2) is 6.54. The van der Waals surface area contributed by atoms with Gasteiger partial charge in [-0.1, -0.05) is 19.8 Å². The Bertz CT molecular complexity index is 295. The Labute approximate surface area is 112 Å². The maximum atomic E-state index is 9.65. The highest BCUT2D eigenvalue weighted by atomic mass is 16.3. The van der Waals surface area contributed by atoms with Gasteiger partial charge in [0.15, 0.2) is 0 Å². The van der Waals surface area contributed by atoms with Gasteiger partial charge in [-0.25, -0.2) is 0 Å². The smallest absolute Gasteiger partial charge is 0.0683 e. The molecule has 0 aromatic heterocycles. The molecular formula is C15H28N2O. The lowest BCUT2D eigenvalue weighted by atomic mass is 9.76. The summed E-state index contributed by atoms with van der Waals surface area (Å²) in [5.74, 6) is 0.703. The van der Waals surface area contributed by atoms with Crippen LogP contribution in [-0.4, -0.2) is 23.8 Å². The standard InChI is InChI=1S/C15H28N2O/c1-13-6-4-8-15(10-13,12-18)17-9-5-7-14(2,3)11-16/h13,17-18H,4-10,12H2,1-3H3. The van der Waals surface area contributed by atoms with Crippen molar-refractivity contribution in [2.45, 2.75) is 64.8 Å². The van der Waals surface area contributed by atoms with Crippen LogP contribution in [0.5, 0.6) is 0 Å². The fraction of sp³-hybridized carbons (Fsp3) is 0.933. The Balaban J connectivity index is 2.34. The quantitative estimate of drug-likeness (QED) is 0.715. The molecule has 0 heterocycles. The van der Waals surface area contributed by atoms with E-state index in [4.69, 9.17) is 5.26 Å². The zero-order chi connectivity index (χ0) is 13.6. The number of nitrogens with one attached hydrogen (secondary N) is 1. The van der Waals surface area contributed by atoms with E-state index in [1.54, 1.807) is 0 Å². The summed E-state index contributed by atoms with van der Waals surface area (Å²) < 4.78 is 0. The molecule has 0 aromatic carbocycles. The molecule has 3 nitrogen and oxygen atoms in total. The SMILES string of the molecule is CC1CCCC(CO)(NCCCC(C)(C)C#N)C1. The van der Waals surface area contributed by atoms with Crippen LogP contribution in [0.25, 0.3) is 0 Å². The van der Waals surface area contributed by atoms with Crippen LogP contribution in [0.2, 0.25) is 0 Å². The van der Waals surface area contributed by atoms with Gasteiger partial charge in [-0.2, -0.15) is 5.26 Å². The van der Waals surface area contributed by atoms with Crippen molar-refractivity contribution in [2.75, 3.05) is 13.2 Å². The molecule has 18 heavy (non-hydrogen) atoms. The summed E-state index contributed by atoms with van der Waals surface area (Å²) in [4.78, 5) is 0. The highest BCUT2D eigenvalue weighted by Crippen LogP contribution is 2.32. The van der Waals surface area contributed by atoms with E-state index >= 15 is 0 Å². The Morgan fingerprint density at radius 1 is 1.50 bits per heavy atom. The number of hydrogen-bond acceptors (Lipinski definition) is 3. The molecule has 1 aliphatic carbocycles. The number of aliphatic hydroxyl groups is 1. The largest absolute Gasteiger partial charge is 0.394 e. The maximum Gasteiger partial charge on any atom is 0.0683 e. The molecular weight excluding hydrogens is 224 g/mol. The first-order valence-corrected chi connectivity index (χ1v) is 7.20. The first-order chi connectivity index (χ1) is 8.43.